The van der Waals surface area contributed by atoms with Crippen molar-refractivity contribution in [3.63, 3.8) is 0 Å². The van der Waals surface area contributed by atoms with Crippen LogP contribution < -0.4 is 21.5 Å². The molecule has 0 atom stereocenters. The number of primary amides is 1. The molecule has 3 aromatic rings. The van der Waals surface area contributed by atoms with Gasteiger partial charge in [-0.15, -0.1) is 0 Å². The molecule has 0 aliphatic heterocycles. The molecule has 3 rings (SSSR count). The van der Waals surface area contributed by atoms with Crippen LogP contribution in [0.3, 0.4) is 0 Å². The second-order valence-electron chi connectivity index (χ2n) is 8.21. The lowest BCUT2D eigenvalue weighted by Gasteiger charge is -2.21. The molecule has 0 saturated heterocycles. The Balaban J connectivity index is 1.60. The molecule has 0 aliphatic carbocycles. The third-order valence-corrected chi connectivity index (χ3v) is 5.50. The van der Waals surface area contributed by atoms with Crippen molar-refractivity contribution in [3.05, 3.63) is 108 Å². The molecule has 0 heterocycles. The van der Waals surface area contributed by atoms with Crippen molar-refractivity contribution in [2.75, 3.05) is 13.2 Å². The number of nitrogens with two attached hydrogens (primary N) is 2. The number of carbonyl (C=O) groups is 3. The van der Waals surface area contributed by atoms with Crippen LogP contribution in [0.5, 0.6) is 5.75 Å². The lowest BCUT2D eigenvalue weighted by Crippen LogP contribution is -2.45. The number of urea groups is 1. The third kappa shape index (κ3) is 8.56. The molecular weight excluding hydrogens is 456 g/mol. The molecule has 1 radical (unpaired) electrons. The molecule has 4 amide bonds. The Kier molecular flexibility index (Phi) is 10.0. The zero-order chi connectivity index (χ0) is 25.8. The average molecular weight is 488 g/mol. The smallest absolute Gasteiger partial charge is 0.324 e. The highest BCUT2D eigenvalue weighted by atomic mass is 16.5. The largest absolute Gasteiger partial charge is 0.484 e. The highest BCUT2D eigenvalue weighted by Crippen LogP contribution is 2.14. The number of ether oxygens (including phenoxy) is 1. The standard InChI is InChI=1S/C28H31N4O4/c29-18-23-6-8-24(9-7-23)19-31-28(35)32(17-16-21-4-2-1-3-5-21)27(34)15-12-22-10-13-25(14-11-22)36-20-26(30)33/h1-11,13-15H,12,16-20,29H2,(H2,30,33)(H,31,35). The van der Waals surface area contributed by atoms with E-state index in [0.29, 0.717) is 31.7 Å². The summed E-state index contributed by atoms with van der Waals surface area (Å²) in [5.41, 5.74) is 14.5. The molecule has 8 nitrogen and oxygen atoms in total. The van der Waals surface area contributed by atoms with E-state index in [1.807, 2.05) is 54.6 Å². The van der Waals surface area contributed by atoms with E-state index < -0.39 is 11.9 Å². The Morgan fingerprint density at radius 2 is 1.47 bits per heavy atom. The zero-order valence-electron chi connectivity index (χ0n) is 20.1. The number of benzene rings is 3. The fourth-order valence-corrected chi connectivity index (χ4v) is 3.46. The van der Waals surface area contributed by atoms with Gasteiger partial charge in [-0.3, -0.25) is 14.5 Å². The Hall–Kier alpha value is -4.17. The van der Waals surface area contributed by atoms with E-state index in [2.05, 4.69) is 5.32 Å². The number of carbonyl (C=O) groups excluding carboxylic acids is 3. The van der Waals surface area contributed by atoms with Gasteiger partial charge < -0.3 is 21.5 Å². The molecule has 36 heavy (non-hydrogen) atoms. The van der Waals surface area contributed by atoms with Crippen molar-refractivity contribution in [1.82, 2.24) is 10.2 Å². The Morgan fingerprint density at radius 3 is 2.11 bits per heavy atom. The first kappa shape index (κ1) is 26.4. The van der Waals surface area contributed by atoms with Gasteiger partial charge in [-0.2, -0.15) is 0 Å². The number of imide groups is 1. The summed E-state index contributed by atoms with van der Waals surface area (Å²) in [7, 11) is 0. The second-order valence-corrected chi connectivity index (χ2v) is 8.21. The maximum atomic E-state index is 13.0. The molecular formula is C28H31N4O4. The number of rotatable bonds is 12. The van der Waals surface area contributed by atoms with Crippen LogP contribution in [0.1, 0.15) is 22.3 Å². The number of hydrogen-bond donors (Lipinski definition) is 3. The van der Waals surface area contributed by atoms with Crippen LogP contribution in [0.15, 0.2) is 78.9 Å². The van der Waals surface area contributed by atoms with E-state index in [4.69, 9.17) is 16.2 Å². The number of hydrogen-bond acceptors (Lipinski definition) is 5. The van der Waals surface area contributed by atoms with E-state index in [9.17, 15) is 14.4 Å². The van der Waals surface area contributed by atoms with Crippen molar-refractivity contribution in [2.24, 2.45) is 11.5 Å². The maximum absolute atomic E-state index is 13.0. The molecule has 0 aliphatic rings. The minimum absolute atomic E-state index is 0.202. The monoisotopic (exact) mass is 487 g/mol. The van der Waals surface area contributed by atoms with Gasteiger partial charge in [-0.05, 0) is 47.2 Å². The normalized spacial score (nSPS) is 10.5. The van der Waals surface area contributed by atoms with Crippen LogP contribution in [0.2, 0.25) is 0 Å². The van der Waals surface area contributed by atoms with Gasteiger partial charge in [-0.25, -0.2) is 4.79 Å². The van der Waals surface area contributed by atoms with E-state index in [1.165, 1.54) is 11.3 Å². The summed E-state index contributed by atoms with van der Waals surface area (Å²) < 4.78 is 5.25. The van der Waals surface area contributed by atoms with E-state index >= 15 is 0 Å². The fourth-order valence-electron chi connectivity index (χ4n) is 3.46. The molecule has 5 N–H and O–H groups in total. The second kappa shape index (κ2) is 13.7. The summed E-state index contributed by atoms with van der Waals surface area (Å²) in [6.45, 7) is 0.794. The molecule has 0 saturated carbocycles. The first-order chi connectivity index (χ1) is 17.4. The lowest BCUT2D eigenvalue weighted by molar-refractivity contribution is -0.125. The van der Waals surface area contributed by atoms with E-state index in [0.717, 1.165) is 22.3 Å². The predicted molar refractivity (Wildman–Crippen MR) is 138 cm³/mol. The van der Waals surface area contributed by atoms with Gasteiger partial charge in [0.05, 0.1) is 6.42 Å². The quantitative estimate of drug-likeness (QED) is 0.362. The van der Waals surface area contributed by atoms with Gasteiger partial charge in [0, 0.05) is 19.6 Å². The highest BCUT2D eigenvalue weighted by molar-refractivity contribution is 5.98. The van der Waals surface area contributed by atoms with Crippen LogP contribution in [0, 0.1) is 6.42 Å². The molecule has 0 bridgehead atoms. The number of nitrogens with one attached hydrogen (secondary N) is 1. The summed E-state index contributed by atoms with van der Waals surface area (Å²) in [4.78, 5) is 38.1. The average Bonchev–Trinajstić information content (AvgIpc) is 2.91. The third-order valence-electron chi connectivity index (χ3n) is 5.50. The predicted octanol–water partition coefficient (Wildman–Crippen LogP) is 2.74. The SMILES string of the molecule is NCc1ccc(CNC(=O)N(CCc2ccccc2)C(=O)[CH]Cc2ccc(OCC(N)=O)cc2)cc1. The van der Waals surface area contributed by atoms with Crippen LogP contribution in [-0.4, -0.2) is 35.9 Å². The zero-order valence-corrected chi connectivity index (χ0v) is 20.1. The van der Waals surface area contributed by atoms with Gasteiger partial charge >= 0.3 is 6.03 Å². The number of amides is 4. The van der Waals surface area contributed by atoms with Crippen LogP contribution in [0.25, 0.3) is 0 Å². The molecule has 0 unspecified atom stereocenters. The summed E-state index contributed by atoms with van der Waals surface area (Å²) >= 11 is 0. The molecule has 8 heteroatoms. The van der Waals surface area contributed by atoms with E-state index in [-0.39, 0.29) is 19.1 Å². The summed E-state index contributed by atoms with van der Waals surface area (Å²) in [5, 5.41) is 2.84. The lowest BCUT2D eigenvalue weighted by atomic mass is 10.1. The molecule has 3 aromatic carbocycles. The van der Waals surface area contributed by atoms with Gasteiger partial charge in [-0.1, -0.05) is 66.7 Å². The maximum Gasteiger partial charge on any atom is 0.324 e. The highest BCUT2D eigenvalue weighted by Gasteiger charge is 2.21. The van der Waals surface area contributed by atoms with Crippen molar-refractivity contribution in [1.29, 1.82) is 0 Å². The molecule has 0 aromatic heterocycles. The Labute approximate surface area is 211 Å². The molecule has 0 spiro atoms. The summed E-state index contributed by atoms with van der Waals surface area (Å²) in [6.07, 6.45) is 2.37. The van der Waals surface area contributed by atoms with Crippen molar-refractivity contribution in [3.8, 4) is 5.75 Å². The minimum Gasteiger partial charge on any atom is -0.484 e. The van der Waals surface area contributed by atoms with Crippen molar-refractivity contribution >= 4 is 17.8 Å². The van der Waals surface area contributed by atoms with E-state index in [1.54, 1.807) is 24.3 Å². The number of nitrogens with zero attached hydrogens (tertiary/aromatic N) is 1. The minimum atomic E-state index is -0.556. The van der Waals surface area contributed by atoms with Crippen LogP contribution in [-0.2, 0) is 35.5 Å². The molecule has 0 fully saturated rings. The Morgan fingerprint density at radius 1 is 0.833 bits per heavy atom. The van der Waals surface area contributed by atoms with Crippen molar-refractivity contribution in [2.45, 2.75) is 25.9 Å². The fraction of sp³-hybridized carbons (Fsp3) is 0.214. The van der Waals surface area contributed by atoms with Gasteiger partial charge in [0.15, 0.2) is 6.61 Å². The molecule has 187 valence electrons. The van der Waals surface area contributed by atoms with Gasteiger partial charge in [0.1, 0.15) is 5.75 Å². The topological polar surface area (TPSA) is 128 Å². The summed E-state index contributed by atoms with van der Waals surface area (Å²) in [6, 6.07) is 23.9. The van der Waals surface area contributed by atoms with Crippen molar-refractivity contribution < 1.29 is 19.1 Å². The first-order valence-corrected chi connectivity index (χ1v) is 11.7. The van der Waals surface area contributed by atoms with Crippen LogP contribution >= 0.6 is 0 Å². The Bertz CT molecular complexity index is 1130. The van der Waals surface area contributed by atoms with Gasteiger partial charge in [0.2, 0.25) is 5.91 Å². The van der Waals surface area contributed by atoms with Gasteiger partial charge in [0.25, 0.3) is 5.91 Å². The first-order valence-electron chi connectivity index (χ1n) is 11.7. The van der Waals surface area contributed by atoms with Crippen LogP contribution in [0.4, 0.5) is 4.79 Å². The summed E-state index contributed by atoms with van der Waals surface area (Å²) in [5.74, 6) is -0.428.